The van der Waals surface area contributed by atoms with E-state index in [4.69, 9.17) is 0 Å². The molecule has 0 aliphatic heterocycles. The molecular formula is C45H39F14NO7S2. The Morgan fingerprint density at radius 3 is 1.32 bits per heavy atom. The van der Waals surface area contributed by atoms with Crippen LogP contribution in [0.25, 0.3) is 0 Å². The van der Waals surface area contributed by atoms with Gasteiger partial charge in [-0.3, -0.25) is 14.4 Å². The van der Waals surface area contributed by atoms with Crippen LogP contribution in [-0.2, 0) is 32.0 Å². The molecule has 0 N–H and O–H groups in total. The first-order valence-corrected chi connectivity index (χ1v) is 21.6. The highest BCUT2D eigenvalue weighted by Crippen LogP contribution is 2.55. The number of alkyl halides is 14. The molecule has 4 aromatic rings. The number of hydrogen-bond donors (Lipinski definition) is 0. The Hall–Kier alpha value is -5.65. The monoisotopic (exact) mass is 1040 g/mol. The fraction of sp³-hybridized carbons (Fsp3) is 0.356. The lowest BCUT2D eigenvalue weighted by molar-refractivity contribution is -0.349. The van der Waals surface area contributed by atoms with Crippen LogP contribution in [0, 0.1) is 13.8 Å². The van der Waals surface area contributed by atoms with Gasteiger partial charge in [0.25, 0.3) is 5.91 Å². The number of thioether (sulfide) groups is 2. The Labute approximate surface area is 393 Å². The minimum atomic E-state index is -6.44. The summed E-state index contributed by atoms with van der Waals surface area (Å²) in [7, 11) is 1.62. The summed E-state index contributed by atoms with van der Waals surface area (Å²) < 4.78 is 196. The number of methoxy groups -OCH3 is 2. The number of anilines is 1. The zero-order chi connectivity index (χ0) is 52.8. The third kappa shape index (κ3) is 12.2. The van der Waals surface area contributed by atoms with E-state index in [9.17, 15) is 85.4 Å². The second-order valence-corrected chi connectivity index (χ2v) is 17.1. The summed E-state index contributed by atoms with van der Waals surface area (Å²) in [5, 5.41) is 0. The summed E-state index contributed by atoms with van der Waals surface area (Å²) in [6.07, 6.45) is -26.1. The maximum absolute atomic E-state index is 14.6. The molecule has 0 atom stereocenters. The van der Waals surface area contributed by atoms with Gasteiger partial charge in [-0.05, 0) is 78.4 Å². The van der Waals surface area contributed by atoms with Crippen LogP contribution < -0.4 is 4.90 Å². The molecular weight excluding hydrogens is 997 g/mol. The number of carbonyl (C=O) groups excluding carboxylic acids is 5. The molecule has 0 heterocycles. The van der Waals surface area contributed by atoms with Crippen molar-refractivity contribution in [3.05, 3.63) is 123 Å². The molecule has 0 saturated heterocycles. The van der Waals surface area contributed by atoms with Gasteiger partial charge in [-0.15, -0.1) is 23.5 Å². The predicted octanol–water partition coefficient (Wildman–Crippen LogP) is 13.0. The number of imide groups is 1. The van der Waals surface area contributed by atoms with E-state index in [-0.39, 0.29) is 41.0 Å². The highest BCUT2D eigenvalue weighted by Gasteiger charge is 2.74. The smallest absolute Gasteiger partial charge is 0.435 e. The number of aryl methyl sites for hydroxylation is 2. The molecule has 24 heteroatoms. The number of amides is 2. The number of carbonyl (C=O) groups is 5. The zero-order valence-electron chi connectivity index (χ0n) is 37.0. The van der Waals surface area contributed by atoms with Crippen molar-refractivity contribution in [1.29, 1.82) is 0 Å². The van der Waals surface area contributed by atoms with E-state index in [2.05, 4.69) is 9.47 Å². The molecule has 4 aromatic carbocycles. The molecule has 0 unspecified atom stereocenters. The minimum absolute atomic E-state index is 0.00652. The Bertz CT molecular complexity index is 2550. The van der Waals surface area contributed by atoms with E-state index >= 15 is 0 Å². The summed E-state index contributed by atoms with van der Waals surface area (Å²) in [6, 6.07) is 11.2. The molecule has 2 amide bonds. The Morgan fingerprint density at radius 1 is 0.522 bits per heavy atom. The highest BCUT2D eigenvalue weighted by molar-refractivity contribution is 7.99. The zero-order valence-corrected chi connectivity index (χ0v) is 38.6. The fourth-order valence-electron chi connectivity index (χ4n) is 6.47. The average molecular weight is 1040 g/mol. The highest BCUT2D eigenvalue weighted by atomic mass is 32.2. The van der Waals surface area contributed by atoms with E-state index in [0.717, 1.165) is 32.3 Å². The molecule has 0 saturated carbocycles. The van der Waals surface area contributed by atoms with Gasteiger partial charge in [0.1, 0.15) is 0 Å². The molecule has 0 radical (unpaired) electrons. The molecule has 0 fully saturated rings. The number of esters is 2. The van der Waals surface area contributed by atoms with Crippen LogP contribution in [0.3, 0.4) is 0 Å². The normalized spacial score (nSPS) is 12.4. The predicted molar refractivity (Wildman–Crippen MR) is 226 cm³/mol. The molecule has 0 spiro atoms. The third-order valence-corrected chi connectivity index (χ3v) is 11.7. The van der Waals surface area contributed by atoms with Crippen LogP contribution >= 0.6 is 23.5 Å². The number of halogens is 14. The lowest BCUT2D eigenvalue weighted by Gasteiger charge is -2.31. The second-order valence-electron chi connectivity index (χ2n) is 14.5. The van der Waals surface area contributed by atoms with Crippen LogP contribution in [-0.4, -0.2) is 80.0 Å². The number of ether oxygens (including phenoxy) is 2. The summed E-state index contributed by atoms with van der Waals surface area (Å²) in [5.74, 6) is -4.18. The largest absolute Gasteiger partial charge is 0.465 e. The van der Waals surface area contributed by atoms with Gasteiger partial charge in [-0.2, -0.15) is 52.7 Å². The van der Waals surface area contributed by atoms with Crippen molar-refractivity contribution in [2.45, 2.75) is 86.9 Å². The van der Waals surface area contributed by atoms with E-state index in [1.807, 2.05) is 13.8 Å². The fourth-order valence-corrected chi connectivity index (χ4v) is 8.28. The van der Waals surface area contributed by atoms with Crippen molar-refractivity contribution >= 4 is 58.7 Å². The molecule has 4 rings (SSSR count). The summed E-state index contributed by atoms with van der Waals surface area (Å²) in [4.78, 5) is 64.7. The first-order valence-electron chi connectivity index (χ1n) is 19.6. The van der Waals surface area contributed by atoms with Crippen molar-refractivity contribution in [3.8, 4) is 0 Å². The van der Waals surface area contributed by atoms with Crippen LogP contribution in [0.1, 0.15) is 90.0 Å². The lowest BCUT2D eigenvalue weighted by Crippen LogP contribution is -2.50. The van der Waals surface area contributed by atoms with Gasteiger partial charge in [0.15, 0.2) is 5.78 Å². The number of ketones is 1. The van der Waals surface area contributed by atoms with Gasteiger partial charge in [0.05, 0.1) is 36.6 Å². The number of rotatable bonds is 13. The summed E-state index contributed by atoms with van der Waals surface area (Å²) in [6.45, 7) is 8.11. The van der Waals surface area contributed by atoms with E-state index in [1.54, 1.807) is 44.2 Å². The van der Waals surface area contributed by atoms with Crippen molar-refractivity contribution in [3.63, 3.8) is 0 Å². The Balaban J connectivity index is 0.000000367. The van der Waals surface area contributed by atoms with Crippen LogP contribution in [0.15, 0.2) is 82.6 Å². The first kappa shape index (κ1) is 57.7. The maximum atomic E-state index is 14.6. The Morgan fingerprint density at radius 2 is 0.913 bits per heavy atom. The van der Waals surface area contributed by atoms with Crippen LogP contribution in [0.4, 0.5) is 67.2 Å². The van der Waals surface area contributed by atoms with Gasteiger partial charge in [-0.1, -0.05) is 50.2 Å². The number of hydrogen-bond acceptors (Lipinski definition) is 9. The summed E-state index contributed by atoms with van der Waals surface area (Å²) >= 11 is 2.61. The molecule has 69 heavy (non-hydrogen) atoms. The van der Waals surface area contributed by atoms with Crippen molar-refractivity contribution in [2.24, 2.45) is 0 Å². The van der Waals surface area contributed by atoms with Crippen LogP contribution in [0.2, 0.25) is 0 Å². The van der Waals surface area contributed by atoms with E-state index < -0.39 is 99.9 Å². The number of nitrogens with zero attached hydrogens (tertiary/aromatic N) is 1. The third-order valence-electron chi connectivity index (χ3n) is 9.79. The molecule has 0 aromatic heterocycles. The number of benzene rings is 4. The standard InChI is InChI=1S/C23H20F7NO4S.C22H19F7O3S/c1-5-36-18-10-12(2)6-8-15(18)19(33)31(13(3)32)17-9-7-14(11-16(17)20(34)35-4)21(24,22(25,26)27)23(28,29)30;1-4-33-18-9-12(2)5-8-15(18)17(30)10-13-6-7-14(11-16(13)19(31)32-3)20(23,21(24,25)26)22(27,28)29/h6-11H,5H2,1-4H3;5-9,11H,4,10H2,1-3H3. The van der Waals surface area contributed by atoms with Crippen molar-refractivity contribution in [1.82, 2.24) is 0 Å². The number of Topliss-reactive ketones (excluding diaryl/α,β-unsaturated/α-hetero) is 1. The minimum Gasteiger partial charge on any atom is -0.465 e. The molecule has 0 aliphatic rings. The molecule has 8 nitrogen and oxygen atoms in total. The molecule has 376 valence electrons. The first-order chi connectivity index (χ1) is 31.7. The molecule has 0 bridgehead atoms. The van der Waals surface area contributed by atoms with Gasteiger partial charge in [0.2, 0.25) is 5.91 Å². The SMILES string of the molecule is CCSc1cc(C)ccc1C(=O)Cc1ccc(C(F)(C(F)(F)F)C(F)(F)F)cc1C(=O)OC.CCSc1cc(C)ccc1C(=O)N(C(C)=O)c1ccc(C(F)(C(F)(F)F)C(F)(F)F)cc1C(=O)OC. The van der Waals surface area contributed by atoms with Gasteiger partial charge < -0.3 is 9.47 Å². The molecule has 0 aliphatic carbocycles. The lowest BCUT2D eigenvalue weighted by atomic mass is 9.89. The maximum Gasteiger partial charge on any atom is 0.435 e. The Kier molecular flexibility index (Phi) is 18.4. The van der Waals surface area contributed by atoms with E-state index in [0.29, 0.717) is 38.3 Å². The van der Waals surface area contributed by atoms with E-state index in [1.165, 1.54) is 29.6 Å². The van der Waals surface area contributed by atoms with Gasteiger partial charge >= 0.3 is 48.0 Å². The van der Waals surface area contributed by atoms with Gasteiger partial charge in [0, 0.05) is 39.8 Å². The summed E-state index contributed by atoms with van der Waals surface area (Å²) in [5.41, 5.74) is -16.1. The quantitative estimate of drug-likeness (QED) is 0.0560. The average Bonchev–Trinajstić information content (AvgIpc) is 3.24. The second kappa shape index (κ2) is 22.0. The topological polar surface area (TPSA) is 107 Å². The van der Waals surface area contributed by atoms with Crippen LogP contribution in [0.5, 0.6) is 0 Å². The van der Waals surface area contributed by atoms with Crippen molar-refractivity contribution < 1.29 is 94.9 Å². The van der Waals surface area contributed by atoms with Crippen molar-refractivity contribution in [2.75, 3.05) is 30.6 Å². The van der Waals surface area contributed by atoms with Gasteiger partial charge in [-0.25, -0.2) is 23.3 Å².